The predicted molar refractivity (Wildman–Crippen MR) is 86.2 cm³/mol. The van der Waals surface area contributed by atoms with E-state index in [4.69, 9.17) is 4.74 Å². The zero-order chi connectivity index (χ0) is 18.0. The molecule has 9 heteroatoms. The fourth-order valence-electron chi connectivity index (χ4n) is 2.16. The van der Waals surface area contributed by atoms with E-state index >= 15 is 0 Å². The summed E-state index contributed by atoms with van der Waals surface area (Å²) >= 11 is 0. The van der Waals surface area contributed by atoms with Gasteiger partial charge in [-0.3, -0.25) is 14.9 Å². The van der Waals surface area contributed by atoms with E-state index in [0.29, 0.717) is 5.39 Å². The Labute approximate surface area is 139 Å². The first-order valence-electron chi connectivity index (χ1n) is 6.99. The van der Waals surface area contributed by atoms with Crippen molar-refractivity contribution in [3.8, 4) is 11.5 Å². The van der Waals surface area contributed by atoms with Gasteiger partial charge in [-0.2, -0.15) is 0 Å². The Morgan fingerprint density at radius 2 is 2.00 bits per heavy atom. The molecule has 126 valence electrons. The number of phenols is 2. The largest absolute Gasteiger partial charge is 0.508 e. The minimum absolute atomic E-state index is 0.0872. The summed E-state index contributed by atoms with van der Waals surface area (Å²) in [7, 11) is -0.866. The van der Waals surface area contributed by atoms with Crippen molar-refractivity contribution in [3.05, 3.63) is 33.9 Å². The van der Waals surface area contributed by atoms with Crippen LogP contribution in [0.3, 0.4) is 0 Å². The van der Waals surface area contributed by atoms with Gasteiger partial charge in [-0.15, -0.1) is 0 Å². The van der Waals surface area contributed by atoms with Crippen LogP contribution in [0.25, 0.3) is 10.8 Å². The second-order valence-corrected chi connectivity index (χ2v) is 6.18. The molecular weight excluding hydrogens is 334 g/mol. The molecule has 0 fully saturated rings. The van der Waals surface area contributed by atoms with Crippen LogP contribution in [-0.2, 0) is 16.1 Å². The number of nitro benzene ring substituents is 1. The molecule has 2 rings (SSSR count). The van der Waals surface area contributed by atoms with Crippen LogP contribution in [0.15, 0.2) is 18.2 Å². The number of carbonyl (C=O) groups excluding carboxylic acids is 1. The summed E-state index contributed by atoms with van der Waals surface area (Å²) in [6, 6.07) is 3.78. The normalized spacial score (nSPS) is 11.0. The van der Waals surface area contributed by atoms with Gasteiger partial charge in [0, 0.05) is 11.5 Å². The van der Waals surface area contributed by atoms with Gasteiger partial charge in [0.25, 0.3) is 15.5 Å². The van der Waals surface area contributed by atoms with Crippen molar-refractivity contribution in [2.75, 3.05) is 0 Å². The number of aromatic hydroxyl groups is 2. The van der Waals surface area contributed by atoms with Gasteiger partial charge >= 0.3 is 5.97 Å². The van der Waals surface area contributed by atoms with Gasteiger partial charge in [-0.05, 0) is 17.5 Å². The molecule has 2 aromatic carbocycles. The number of rotatable bonds is 5. The standard InChI is InChI=1S/C15H15NO7Si/c1-7(2)15(19)23-6-9-3-8-4-12(17)14(24-22)13(18)10(8)5-11(9)16(20)21/h3-5,7,17-18,22H,6H2,1-2H3. The SMILES string of the molecule is CC(C)C(=O)OCc1cc2cc(O)c([Si]O)c(O)c2cc1[N+](=O)[O-]. The monoisotopic (exact) mass is 349 g/mol. The highest BCUT2D eigenvalue weighted by atomic mass is 28.2. The Kier molecular flexibility index (Phi) is 5.05. The average Bonchev–Trinajstić information content (AvgIpc) is 2.51. The fourth-order valence-corrected chi connectivity index (χ4v) is 2.59. The van der Waals surface area contributed by atoms with Crippen molar-refractivity contribution in [1.29, 1.82) is 0 Å². The Balaban J connectivity index is 2.57. The van der Waals surface area contributed by atoms with Gasteiger partial charge in [0.05, 0.1) is 21.6 Å². The number of carbonyl (C=O) groups is 1. The molecule has 24 heavy (non-hydrogen) atoms. The second kappa shape index (κ2) is 6.85. The van der Waals surface area contributed by atoms with E-state index in [-0.39, 0.29) is 40.1 Å². The lowest BCUT2D eigenvalue weighted by Gasteiger charge is -2.11. The Bertz CT molecular complexity index is 819. The molecule has 0 heterocycles. The predicted octanol–water partition coefficient (Wildman–Crippen LogP) is 1.10. The van der Waals surface area contributed by atoms with Crippen LogP contribution in [0.5, 0.6) is 11.5 Å². The number of ether oxygens (including phenoxy) is 1. The van der Waals surface area contributed by atoms with E-state index in [1.54, 1.807) is 13.8 Å². The molecule has 0 atom stereocenters. The van der Waals surface area contributed by atoms with Crippen LogP contribution < -0.4 is 5.19 Å². The lowest BCUT2D eigenvalue weighted by Crippen LogP contribution is -2.15. The Hall–Kier alpha value is -2.65. The summed E-state index contributed by atoms with van der Waals surface area (Å²) in [5.74, 6) is -1.60. The molecule has 0 unspecified atom stereocenters. The molecule has 0 aliphatic heterocycles. The zero-order valence-corrected chi connectivity index (χ0v) is 13.9. The number of phenolic OH excluding ortho intramolecular Hbond substituents is 2. The van der Waals surface area contributed by atoms with Crippen LogP contribution in [0, 0.1) is 16.0 Å². The van der Waals surface area contributed by atoms with E-state index in [1.807, 2.05) is 0 Å². The topological polar surface area (TPSA) is 130 Å². The van der Waals surface area contributed by atoms with Crippen LogP contribution in [0.2, 0.25) is 0 Å². The maximum atomic E-state index is 11.6. The quantitative estimate of drug-likeness (QED) is 0.319. The van der Waals surface area contributed by atoms with Crippen molar-refractivity contribution in [3.63, 3.8) is 0 Å². The summed E-state index contributed by atoms with van der Waals surface area (Å²) in [6.07, 6.45) is 0. The number of hydrogen-bond donors (Lipinski definition) is 3. The summed E-state index contributed by atoms with van der Waals surface area (Å²) in [4.78, 5) is 31.4. The van der Waals surface area contributed by atoms with E-state index in [1.165, 1.54) is 12.1 Å². The van der Waals surface area contributed by atoms with E-state index in [0.717, 1.165) is 6.07 Å². The highest BCUT2D eigenvalue weighted by Crippen LogP contribution is 2.33. The van der Waals surface area contributed by atoms with Gasteiger partial charge in [-0.25, -0.2) is 0 Å². The molecule has 3 N–H and O–H groups in total. The Morgan fingerprint density at radius 1 is 1.33 bits per heavy atom. The molecule has 0 spiro atoms. The molecular formula is C15H15NO7Si. The smallest absolute Gasteiger partial charge is 0.308 e. The second-order valence-electron chi connectivity index (χ2n) is 5.45. The number of benzene rings is 2. The fraction of sp³-hybridized carbons (Fsp3) is 0.267. The number of hydrogen-bond acceptors (Lipinski definition) is 7. The van der Waals surface area contributed by atoms with Crippen molar-refractivity contribution < 1.29 is 29.5 Å². The number of nitrogens with zero attached hydrogens (tertiary/aromatic N) is 1. The van der Waals surface area contributed by atoms with Crippen LogP contribution in [0.1, 0.15) is 19.4 Å². The van der Waals surface area contributed by atoms with Crippen LogP contribution >= 0.6 is 0 Å². The number of fused-ring (bicyclic) bond motifs is 1. The molecule has 8 nitrogen and oxygen atoms in total. The summed E-state index contributed by atoms with van der Waals surface area (Å²) in [5.41, 5.74) is -0.188. The molecule has 0 saturated heterocycles. The third kappa shape index (κ3) is 3.31. The molecule has 0 aliphatic carbocycles. The number of nitro groups is 1. The van der Waals surface area contributed by atoms with E-state index in [9.17, 15) is 29.9 Å². The molecule has 0 amide bonds. The number of esters is 1. The van der Waals surface area contributed by atoms with Gasteiger partial charge in [-0.1, -0.05) is 13.8 Å². The Morgan fingerprint density at radius 3 is 2.54 bits per heavy atom. The van der Waals surface area contributed by atoms with Crippen molar-refractivity contribution in [1.82, 2.24) is 0 Å². The molecule has 2 aromatic rings. The first-order chi connectivity index (χ1) is 11.3. The molecule has 0 aromatic heterocycles. The zero-order valence-electron chi connectivity index (χ0n) is 12.9. The molecule has 0 bridgehead atoms. The van der Waals surface area contributed by atoms with Gasteiger partial charge in [0.15, 0.2) is 0 Å². The van der Waals surface area contributed by atoms with Crippen molar-refractivity contribution >= 4 is 37.4 Å². The maximum Gasteiger partial charge on any atom is 0.308 e. The van der Waals surface area contributed by atoms with Crippen molar-refractivity contribution in [2.45, 2.75) is 20.5 Å². The summed E-state index contributed by atoms with van der Waals surface area (Å²) < 4.78 is 5.03. The third-order valence-corrected chi connectivity index (χ3v) is 4.16. The van der Waals surface area contributed by atoms with Crippen LogP contribution in [0.4, 0.5) is 5.69 Å². The minimum Gasteiger partial charge on any atom is -0.508 e. The lowest BCUT2D eigenvalue weighted by molar-refractivity contribution is -0.385. The minimum atomic E-state index is -0.866. The van der Waals surface area contributed by atoms with Crippen molar-refractivity contribution in [2.24, 2.45) is 5.92 Å². The summed E-state index contributed by atoms with van der Waals surface area (Å²) in [5, 5.41) is 31.5. The highest BCUT2D eigenvalue weighted by Gasteiger charge is 2.21. The lowest BCUT2D eigenvalue weighted by atomic mass is 10.0. The summed E-state index contributed by atoms with van der Waals surface area (Å²) in [6.45, 7) is 2.99. The van der Waals surface area contributed by atoms with Crippen LogP contribution in [-0.4, -0.2) is 35.7 Å². The van der Waals surface area contributed by atoms with E-state index in [2.05, 4.69) is 0 Å². The highest BCUT2D eigenvalue weighted by molar-refractivity contribution is 6.49. The molecule has 0 aliphatic rings. The molecule has 2 radical (unpaired) electrons. The van der Waals surface area contributed by atoms with E-state index < -0.39 is 26.4 Å². The first-order valence-corrected chi connectivity index (χ1v) is 7.93. The molecule has 0 saturated carbocycles. The third-order valence-electron chi connectivity index (χ3n) is 3.44. The first kappa shape index (κ1) is 17.7. The van der Waals surface area contributed by atoms with Gasteiger partial charge < -0.3 is 19.7 Å². The average molecular weight is 349 g/mol. The van der Waals surface area contributed by atoms with Gasteiger partial charge in [0.1, 0.15) is 18.1 Å². The van der Waals surface area contributed by atoms with Gasteiger partial charge in [0.2, 0.25) is 0 Å². The maximum absolute atomic E-state index is 11.6.